The standard InChI is InChI=1S/C27H27NO5S/c1-17(2)25(29)23-24(21-6-4-5-7-22(21)33-14-13-32-3)28(27(31)26(23)30)20-10-8-18(9-11-20)19-12-15-34-16-19/h4-12,15-17,23-24H,13-14H2,1-3H3/t23?,24-/m1/s1. The van der Waals surface area contributed by atoms with Crippen molar-refractivity contribution in [3.63, 3.8) is 0 Å². The number of carbonyl (C=O) groups is 3. The molecular formula is C27H27NO5S. The van der Waals surface area contributed by atoms with E-state index in [2.05, 4.69) is 0 Å². The lowest BCUT2D eigenvalue weighted by Crippen LogP contribution is -2.32. The molecule has 4 rings (SSSR count). The van der Waals surface area contributed by atoms with Crippen LogP contribution < -0.4 is 9.64 Å². The van der Waals surface area contributed by atoms with E-state index in [4.69, 9.17) is 9.47 Å². The van der Waals surface area contributed by atoms with Crippen molar-refractivity contribution >= 4 is 34.5 Å². The number of anilines is 1. The molecule has 176 valence electrons. The minimum absolute atomic E-state index is 0.257. The van der Waals surface area contributed by atoms with Crippen molar-refractivity contribution in [3.8, 4) is 16.9 Å². The van der Waals surface area contributed by atoms with Crippen LogP contribution in [0.25, 0.3) is 11.1 Å². The second kappa shape index (κ2) is 10.3. The SMILES string of the molecule is COCCOc1ccccc1[C@@H]1C(C(=O)C(C)C)C(=O)C(=O)N1c1ccc(-c2ccsc2)cc1. The maximum Gasteiger partial charge on any atom is 0.295 e. The number of methoxy groups -OCH3 is 1. The third-order valence-corrected chi connectivity index (χ3v) is 6.65. The van der Waals surface area contributed by atoms with Gasteiger partial charge in [-0.25, -0.2) is 0 Å². The number of thiophene rings is 1. The Balaban J connectivity index is 1.79. The van der Waals surface area contributed by atoms with Crippen molar-refractivity contribution in [2.75, 3.05) is 25.2 Å². The normalized spacial score (nSPS) is 18.1. The van der Waals surface area contributed by atoms with Crippen molar-refractivity contribution in [1.82, 2.24) is 0 Å². The van der Waals surface area contributed by atoms with Crippen LogP contribution in [0.2, 0.25) is 0 Å². The number of hydrogen-bond donors (Lipinski definition) is 0. The molecular weight excluding hydrogens is 450 g/mol. The molecule has 1 aliphatic heterocycles. The van der Waals surface area contributed by atoms with Gasteiger partial charge in [0.1, 0.15) is 24.1 Å². The van der Waals surface area contributed by atoms with Crippen LogP contribution in [0.3, 0.4) is 0 Å². The van der Waals surface area contributed by atoms with Gasteiger partial charge in [0, 0.05) is 24.3 Å². The number of ketones is 2. The topological polar surface area (TPSA) is 72.9 Å². The van der Waals surface area contributed by atoms with Crippen LogP contribution in [0.5, 0.6) is 5.75 Å². The molecule has 2 heterocycles. The molecule has 1 aliphatic rings. The zero-order chi connectivity index (χ0) is 24.2. The highest BCUT2D eigenvalue weighted by molar-refractivity contribution is 7.08. The van der Waals surface area contributed by atoms with Crippen LogP contribution in [-0.4, -0.2) is 37.8 Å². The van der Waals surface area contributed by atoms with E-state index in [-0.39, 0.29) is 5.78 Å². The van der Waals surface area contributed by atoms with Crippen LogP contribution in [-0.2, 0) is 19.1 Å². The van der Waals surface area contributed by atoms with Gasteiger partial charge in [0.2, 0.25) is 5.78 Å². The molecule has 2 aromatic carbocycles. The first-order valence-electron chi connectivity index (χ1n) is 11.2. The number of Topliss-reactive ketones (excluding diaryl/α,β-unsaturated/α-hetero) is 2. The lowest BCUT2D eigenvalue weighted by molar-refractivity contribution is -0.139. The number of benzene rings is 2. The van der Waals surface area contributed by atoms with E-state index in [0.717, 1.165) is 11.1 Å². The summed E-state index contributed by atoms with van der Waals surface area (Å²) in [6.45, 7) is 4.19. The van der Waals surface area contributed by atoms with Gasteiger partial charge in [-0.05, 0) is 46.2 Å². The summed E-state index contributed by atoms with van der Waals surface area (Å²) in [5.41, 5.74) is 3.28. The first kappa shape index (κ1) is 23.9. The maximum atomic E-state index is 13.3. The summed E-state index contributed by atoms with van der Waals surface area (Å²) in [6.07, 6.45) is 0. The molecule has 0 radical (unpaired) electrons. The number of amides is 1. The molecule has 0 spiro atoms. The van der Waals surface area contributed by atoms with Crippen LogP contribution in [0.1, 0.15) is 25.5 Å². The molecule has 1 saturated heterocycles. The molecule has 6 nitrogen and oxygen atoms in total. The number of carbonyl (C=O) groups excluding carboxylic acids is 3. The molecule has 0 bridgehead atoms. The van der Waals surface area contributed by atoms with E-state index in [0.29, 0.717) is 30.2 Å². The van der Waals surface area contributed by atoms with Crippen molar-refractivity contribution in [1.29, 1.82) is 0 Å². The van der Waals surface area contributed by atoms with Crippen molar-refractivity contribution in [2.45, 2.75) is 19.9 Å². The smallest absolute Gasteiger partial charge is 0.295 e. The fraction of sp³-hybridized carbons (Fsp3) is 0.296. The minimum Gasteiger partial charge on any atom is -0.491 e. The van der Waals surface area contributed by atoms with E-state index in [9.17, 15) is 14.4 Å². The molecule has 2 atom stereocenters. The summed E-state index contributed by atoms with van der Waals surface area (Å²) < 4.78 is 11.0. The van der Waals surface area contributed by atoms with Crippen molar-refractivity contribution in [2.24, 2.45) is 11.8 Å². The van der Waals surface area contributed by atoms with Gasteiger partial charge in [-0.1, -0.05) is 44.2 Å². The largest absolute Gasteiger partial charge is 0.491 e. The number of hydrogen-bond acceptors (Lipinski definition) is 6. The van der Waals surface area contributed by atoms with E-state index in [1.54, 1.807) is 38.4 Å². The zero-order valence-electron chi connectivity index (χ0n) is 19.4. The summed E-state index contributed by atoms with van der Waals surface area (Å²) in [4.78, 5) is 41.1. The predicted molar refractivity (Wildman–Crippen MR) is 132 cm³/mol. The van der Waals surface area contributed by atoms with Gasteiger partial charge in [0.25, 0.3) is 5.91 Å². The lowest BCUT2D eigenvalue weighted by Gasteiger charge is -2.29. The molecule has 0 aliphatic carbocycles. The molecule has 1 fully saturated rings. The highest BCUT2D eigenvalue weighted by Crippen LogP contribution is 2.44. The van der Waals surface area contributed by atoms with Crippen LogP contribution in [0, 0.1) is 11.8 Å². The van der Waals surface area contributed by atoms with E-state index < -0.39 is 29.6 Å². The summed E-state index contributed by atoms with van der Waals surface area (Å²) in [5.74, 6) is -2.60. The summed E-state index contributed by atoms with van der Waals surface area (Å²) in [7, 11) is 1.59. The van der Waals surface area contributed by atoms with Crippen LogP contribution in [0.4, 0.5) is 5.69 Å². The first-order chi connectivity index (χ1) is 16.4. The molecule has 7 heteroatoms. The lowest BCUT2D eigenvalue weighted by atomic mass is 9.84. The maximum absolute atomic E-state index is 13.3. The van der Waals surface area contributed by atoms with E-state index in [1.807, 2.05) is 59.3 Å². The minimum atomic E-state index is -1.10. The predicted octanol–water partition coefficient (Wildman–Crippen LogP) is 4.94. The average molecular weight is 478 g/mol. The quantitative estimate of drug-likeness (QED) is 0.248. The molecule has 0 saturated carbocycles. The number of para-hydroxylation sites is 1. The second-order valence-electron chi connectivity index (χ2n) is 8.46. The summed E-state index contributed by atoms with van der Waals surface area (Å²) in [5, 5.41) is 4.05. The fourth-order valence-corrected chi connectivity index (χ4v) is 4.91. The fourth-order valence-electron chi connectivity index (χ4n) is 4.25. The van der Waals surface area contributed by atoms with Crippen molar-refractivity contribution in [3.05, 3.63) is 70.9 Å². The number of ether oxygens (including phenoxy) is 2. The van der Waals surface area contributed by atoms with Gasteiger partial charge in [0.15, 0.2) is 0 Å². The van der Waals surface area contributed by atoms with Crippen LogP contribution in [0.15, 0.2) is 65.4 Å². The Morgan fingerprint density at radius 3 is 2.38 bits per heavy atom. The third-order valence-electron chi connectivity index (χ3n) is 5.96. The van der Waals surface area contributed by atoms with Gasteiger partial charge in [0.05, 0.1) is 12.6 Å². The van der Waals surface area contributed by atoms with Crippen molar-refractivity contribution < 1.29 is 23.9 Å². The first-order valence-corrected chi connectivity index (χ1v) is 12.1. The molecule has 34 heavy (non-hydrogen) atoms. The van der Waals surface area contributed by atoms with Gasteiger partial charge in [-0.3, -0.25) is 19.3 Å². The van der Waals surface area contributed by atoms with Gasteiger partial charge < -0.3 is 9.47 Å². The van der Waals surface area contributed by atoms with Gasteiger partial charge >= 0.3 is 0 Å². The molecule has 1 unspecified atom stereocenters. The van der Waals surface area contributed by atoms with Gasteiger partial charge in [-0.15, -0.1) is 0 Å². The third kappa shape index (κ3) is 4.54. The van der Waals surface area contributed by atoms with Gasteiger partial charge in [-0.2, -0.15) is 11.3 Å². The number of nitrogens with zero attached hydrogens (tertiary/aromatic N) is 1. The Kier molecular flexibility index (Phi) is 7.24. The Morgan fingerprint density at radius 2 is 1.74 bits per heavy atom. The molecule has 3 aromatic rings. The monoisotopic (exact) mass is 477 g/mol. The summed E-state index contributed by atoms with van der Waals surface area (Å²) >= 11 is 1.61. The Labute approximate surface area is 203 Å². The molecule has 1 amide bonds. The average Bonchev–Trinajstić information content (AvgIpc) is 3.47. The highest BCUT2D eigenvalue weighted by atomic mass is 32.1. The Hall–Kier alpha value is -3.29. The molecule has 0 N–H and O–H groups in total. The zero-order valence-corrected chi connectivity index (χ0v) is 20.2. The number of rotatable bonds is 9. The Bertz CT molecular complexity index is 1170. The van der Waals surface area contributed by atoms with Crippen LogP contribution >= 0.6 is 11.3 Å². The van der Waals surface area contributed by atoms with E-state index in [1.165, 1.54) is 4.90 Å². The highest BCUT2D eigenvalue weighted by Gasteiger charge is 2.53. The van der Waals surface area contributed by atoms with E-state index >= 15 is 0 Å². The second-order valence-corrected chi connectivity index (χ2v) is 9.24. The Morgan fingerprint density at radius 1 is 1.00 bits per heavy atom. The molecule has 1 aromatic heterocycles. The summed E-state index contributed by atoms with van der Waals surface area (Å²) in [6, 6.07) is 16.0.